The van der Waals surface area contributed by atoms with Crippen LogP contribution in [0.4, 0.5) is 23.2 Å². The lowest BCUT2D eigenvalue weighted by atomic mass is 10.1. The molecule has 1 nitrogen and oxygen atoms in total. The van der Waals surface area contributed by atoms with Crippen molar-refractivity contribution in [2.24, 2.45) is 0 Å². The molecule has 0 bridgehead atoms. The molecule has 2 rings (SSSR count). The van der Waals surface area contributed by atoms with Crippen LogP contribution in [0.25, 0.3) is 0 Å². The number of halogens is 4. The van der Waals surface area contributed by atoms with E-state index in [1.165, 1.54) is 0 Å². The van der Waals surface area contributed by atoms with Crippen LogP contribution in [0.1, 0.15) is 5.56 Å². The molecule has 2 aromatic rings. The molecule has 0 saturated carbocycles. The van der Waals surface area contributed by atoms with E-state index in [4.69, 9.17) is 0 Å². The molecule has 18 heavy (non-hydrogen) atoms. The van der Waals surface area contributed by atoms with Gasteiger partial charge in [-0.25, -0.2) is 17.6 Å². The fourth-order valence-electron chi connectivity index (χ4n) is 1.52. The first kappa shape index (κ1) is 12.4. The van der Waals surface area contributed by atoms with Gasteiger partial charge in [0.25, 0.3) is 0 Å². The predicted octanol–water partition coefficient (Wildman–Crippen LogP) is 3.86. The zero-order chi connectivity index (χ0) is 13.1. The minimum Gasteiger partial charge on any atom is -0.381 e. The highest BCUT2D eigenvalue weighted by molar-refractivity contribution is 5.43. The third-order valence-electron chi connectivity index (χ3n) is 2.45. The van der Waals surface area contributed by atoms with Crippen molar-refractivity contribution in [3.05, 3.63) is 65.2 Å². The summed E-state index contributed by atoms with van der Waals surface area (Å²) in [6.45, 7) is -0.337. The van der Waals surface area contributed by atoms with E-state index in [2.05, 4.69) is 5.32 Å². The van der Waals surface area contributed by atoms with Gasteiger partial charge in [0, 0.05) is 23.9 Å². The minimum absolute atomic E-state index is 0.191. The highest BCUT2D eigenvalue weighted by atomic mass is 19.2. The minimum atomic E-state index is -1.40. The summed E-state index contributed by atoms with van der Waals surface area (Å²) in [7, 11) is 0. The van der Waals surface area contributed by atoms with Crippen molar-refractivity contribution in [1.29, 1.82) is 0 Å². The summed E-state index contributed by atoms with van der Waals surface area (Å²) < 4.78 is 52.5. The monoisotopic (exact) mass is 255 g/mol. The van der Waals surface area contributed by atoms with Crippen LogP contribution >= 0.6 is 0 Å². The standard InChI is InChI=1S/C13H9F4N/c14-10-6-11(15)13(17)9(12(10)16)7-18-8-4-2-1-3-5-8/h1-6,18H,7H2. The van der Waals surface area contributed by atoms with Gasteiger partial charge in [-0.3, -0.25) is 0 Å². The second-order valence-corrected chi connectivity index (χ2v) is 3.67. The summed E-state index contributed by atoms with van der Waals surface area (Å²) in [5, 5.41) is 2.68. The molecule has 0 aliphatic heterocycles. The maximum atomic E-state index is 13.3. The SMILES string of the molecule is Fc1cc(F)c(F)c(CNc2ccccc2)c1F. The largest absolute Gasteiger partial charge is 0.381 e. The van der Waals surface area contributed by atoms with E-state index >= 15 is 0 Å². The van der Waals surface area contributed by atoms with Crippen LogP contribution < -0.4 is 5.32 Å². The third-order valence-corrected chi connectivity index (χ3v) is 2.45. The molecule has 0 aliphatic rings. The van der Waals surface area contributed by atoms with Crippen LogP contribution in [0.2, 0.25) is 0 Å². The van der Waals surface area contributed by atoms with Crippen LogP contribution in [0.5, 0.6) is 0 Å². The van der Waals surface area contributed by atoms with E-state index < -0.39 is 28.8 Å². The number of benzene rings is 2. The summed E-state index contributed by atoms with van der Waals surface area (Å²) in [5.41, 5.74) is -0.0580. The number of hydrogen-bond donors (Lipinski definition) is 1. The van der Waals surface area contributed by atoms with Crippen molar-refractivity contribution in [2.75, 3.05) is 5.32 Å². The topological polar surface area (TPSA) is 12.0 Å². The van der Waals surface area contributed by atoms with Crippen molar-refractivity contribution < 1.29 is 17.6 Å². The van der Waals surface area contributed by atoms with Crippen LogP contribution in [-0.2, 0) is 6.54 Å². The van der Waals surface area contributed by atoms with Crippen LogP contribution in [0.3, 0.4) is 0 Å². The van der Waals surface area contributed by atoms with E-state index in [0.717, 1.165) is 0 Å². The Morgan fingerprint density at radius 2 is 1.39 bits per heavy atom. The Hall–Kier alpha value is -2.04. The molecule has 0 atom stereocenters. The second kappa shape index (κ2) is 5.08. The predicted molar refractivity (Wildman–Crippen MR) is 60.0 cm³/mol. The molecule has 5 heteroatoms. The quantitative estimate of drug-likeness (QED) is 0.648. The lowest BCUT2D eigenvalue weighted by Crippen LogP contribution is -2.08. The maximum Gasteiger partial charge on any atom is 0.166 e. The Labute approximate surface area is 101 Å². The summed E-state index contributed by atoms with van der Waals surface area (Å²) in [4.78, 5) is 0. The van der Waals surface area contributed by atoms with Gasteiger partial charge in [0.15, 0.2) is 23.3 Å². The van der Waals surface area contributed by atoms with E-state index in [-0.39, 0.29) is 12.6 Å². The Bertz CT molecular complexity index is 528. The lowest BCUT2D eigenvalue weighted by molar-refractivity contribution is 0.441. The summed E-state index contributed by atoms with van der Waals surface area (Å²) in [6.07, 6.45) is 0. The number of anilines is 1. The van der Waals surface area contributed by atoms with Gasteiger partial charge < -0.3 is 5.32 Å². The molecule has 0 fully saturated rings. The molecule has 0 aromatic heterocycles. The van der Waals surface area contributed by atoms with Crippen molar-refractivity contribution in [3.63, 3.8) is 0 Å². The Kier molecular flexibility index (Phi) is 3.50. The Morgan fingerprint density at radius 3 is 1.94 bits per heavy atom. The Morgan fingerprint density at radius 1 is 0.833 bits per heavy atom. The summed E-state index contributed by atoms with van der Waals surface area (Å²) >= 11 is 0. The van der Waals surface area contributed by atoms with E-state index in [1.807, 2.05) is 0 Å². The summed E-state index contributed by atoms with van der Waals surface area (Å²) in [6, 6.07) is 8.75. The van der Waals surface area contributed by atoms with Gasteiger partial charge in [0.05, 0.1) is 0 Å². The first-order chi connectivity index (χ1) is 8.59. The first-order valence-electron chi connectivity index (χ1n) is 5.20. The molecular weight excluding hydrogens is 246 g/mol. The number of nitrogens with one attached hydrogen (secondary N) is 1. The molecule has 0 amide bonds. The zero-order valence-corrected chi connectivity index (χ0v) is 9.18. The normalized spacial score (nSPS) is 10.4. The molecule has 94 valence electrons. The van der Waals surface area contributed by atoms with Gasteiger partial charge in [-0.1, -0.05) is 18.2 Å². The molecule has 2 aromatic carbocycles. The van der Waals surface area contributed by atoms with Crippen molar-refractivity contribution in [1.82, 2.24) is 0 Å². The Balaban J connectivity index is 2.24. The molecule has 0 saturated heterocycles. The third kappa shape index (κ3) is 2.45. The maximum absolute atomic E-state index is 13.3. The van der Waals surface area contributed by atoms with Crippen molar-refractivity contribution in [2.45, 2.75) is 6.54 Å². The van der Waals surface area contributed by atoms with Crippen LogP contribution in [0.15, 0.2) is 36.4 Å². The first-order valence-corrected chi connectivity index (χ1v) is 5.20. The van der Waals surface area contributed by atoms with E-state index in [1.54, 1.807) is 30.3 Å². The average molecular weight is 255 g/mol. The highest BCUT2D eigenvalue weighted by Gasteiger charge is 2.18. The van der Waals surface area contributed by atoms with Crippen LogP contribution in [0, 0.1) is 23.3 Å². The number of hydrogen-bond acceptors (Lipinski definition) is 1. The molecule has 0 spiro atoms. The zero-order valence-electron chi connectivity index (χ0n) is 9.18. The molecule has 1 N–H and O–H groups in total. The van der Waals surface area contributed by atoms with E-state index in [9.17, 15) is 17.6 Å². The fourth-order valence-corrected chi connectivity index (χ4v) is 1.52. The van der Waals surface area contributed by atoms with Crippen molar-refractivity contribution in [3.8, 4) is 0 Å². The molecule has 0 aliphatic carbocycles. The molecular formula is C13H9F4N. The van der Waals surface area contributed by atoms with Crippen LogP contribution in [-0.4, -0.2) is 0 Å². The molecule has 0 radical (unpaired) electrons. The van der Waals surface area contributed by atoms with Gasteiger partial charge in [-0.05, 0) is 12.1 Å². The van der Waals surface area contributed by atoms with Gasteiger partial charge in [-0.15, -0.1) is 0 Å². The number of para-hydroxylation sites is 1. The van der Waals surface area contributed by atoms with E-state index in [0.29, 0.717) is 5.69 Å². The van der Waals surface area contributed by atoms with Gasteiger partial charge in [0.2, 0.25) is 0 Å². The smallest absolute Gasteiger partial charge is 0.166 e. The molecule has 0 unspecified atom stereocenters. The molecule has 0 heterocycles. The number of rotatable bonds is 3. The van der Waals surface area contributed by atoms with Gasteiger partial charge in [-0.2, -0.15) is 0 Å². The fraction of sp³-hybridized carbons (Fsp3) is 0.0769. The van der Waals surface area contributed by atoms with Crippen molar-refractivity contribution >= 4 is 5.69 Å². The van der Waals surface area contributed by atoms with Gasteiger partial charge in [0.1, 0.15) is 0 Å². The lowest BCUT2D eigenvalue weighted by Gasteiger charge is -2.09. The van der Waals surface area contributed by atoms with Gasteiger partial charge >= 0.3 is 0 Å². The average Bonchev–Trinajstić information content (AvgIpc) is 2.38. The summed E-state index contributed by atoms with van der Waals surface area (Å²) in [5.74, 6) is -5.56. The highest BCUT2D eigenvalue weighted by Crippen LogP contribution is 2.20. The second-order valence-electron chi connectivity index (χ2n) is 3.67.